The third kappa shape index (κ3) is 4.47. The number of rotatable bonds is 7. The second kappa shape index (κ2) is 8.15. The van der Waals surface area contributed by atoms with Gasteiger partial charge in [0.25, 0.3) is 5.91 Å². The van der Waals surface area contributed by atoms with E-state index < -0.39 is 0 Å². The lowest BCUT2D eigenvalue weighted by atomic mass is 10.1. The van der Waals surface area contributed by atoms with Gasteiger partial charge in [-0.25, -0.2) is 4.68 Å². The smallest absolute Gasteiger partial charge is 0.258 e. The number of aryl methyl sites for hydroxylation is 1. The van der Waals surface area contributed by atoms with Crippen molar-refractivity contribution in [2.75, 3.05) is 6.61 Å². The maximum atomic E-state index is 12.0. The summed E-state index contributed by atoms with van der Waals surface area (Å²) in [7, 11) is 0. The molecule has 0 atom stereocenters. The van der Waals surface area contributed by atoms with E-state index in [1.54, 1.807) is 10.9 Å². The van der Waals surface area contributed by atoms with Crippen LogP contribution in [0.15, 0.2) is 67.0 Å². The molecule has 3 rings (SSSR count). The van der Waals surface area contributed by atoms with E-state index in [9.17, 15) is 4.79 Å². The molecule has 2 aromatic carbocycles. The molecule has 1 heterocycles. The maximum Gasteiger partial charge on any atom is 0.258 e. The Bertz CT molecular complexity index is 828. The Morgan fingerprint density at radius 1 is 1.12 bits per heavy atom. The molecule has 0 aliphatic heterocycles. The highest BCUT2D eigenvalue weighted by atomic mass is 16.5. The number of nitrogens with zero attached hydrogens (tertiary/aromatic N) is 2. The molecular weight excluding hydrogens is 314 g/mol. The van der Waals surface area contributed by atoms with Gasteiger partial charge in [-0.05, 0) is 30.2 Å². The van der Waals surface area contributed by atoms with Crippen molar-refractivity contribution < 1.29 is 9.53 Å². The average molecular weight is 335 g/mol. The fourth-order valence-electron chi connectivity index (χ4n) is 2.51. The van der Waals surface area contributed by atoms with Crippen LogP contribution in [0.3, 0.4) is 0 Å². The van der Waals surface area contributed by atoms with Crippen LogP contribution in [-0.2, 0) is 17.8 Å². The SMILES string of the molecule is CCc1ccccc1OCC(=O)NCc1cnn(-c2ccccc2)c1. The van der Waals surface area contributed by atoms with Crippen molar-refractivity contribution in [2.24, 2.45) is 0 Å². The number of nitrogens with one attached hydrogen (secondary N) is 1. The Hall–Kier alpha value is -3.08. The third-order valence-corrected chi connectivity index (χ3v) is 3.86. The fraction of sp³-hybridized carbons (Fsp3) is 0.200. The zero-order valence-electron chi connectivity index (χ0n) is 14.2. The van der Waals surface area contributed by atoms with E-state index in [1.165, 1.54) is 0 Å². The highest BCUT2D eigenvalue weighted by Crippen LogP contribution is 2.18. The van der Waals surface area contributed by atoms with Gasteiger partial charge in [0.1, 0.15) is 5.75 Å². The molecule has 0 fully saturated rings. The monoisotopic (exact) mass is 335 g/mol. The Morgan fingerprint density at radius 2 is 1.88 bits per heavy atom. The standard InChI is InChI=1S/C20H21N3O2/c1-2-17-8-6-7-11-19(17)25-15-20(24)21-12-16-13-22-23(14-16)18-9-4-3-5-10-18/h3-11,13-14H,2,12,15H2,1H3,(H,21,24). The third-order valence-electron chi connectivity index (χ3n) is 3.86. The van der Waals surface area contributed by atoms with Crippen molar-refractivity contribution in [3.05, 3.63) is 78.1 Å². The number of carbonyl (C=O) groups is 1. The van der Waals surface area contributed by atoms with Crippen LogP contribution in [0.2, 0.25) is 0 Å². The van der Waals surface area contributed by atoms with Gasteiger partial charge in [-0.2, -0.15) is 5.10 Å². The molecule has 0 aliphatic rings. The van der Waals surface area contributed by atoms with Crippen molar-refractivity contribution in [2.45, 2.75) is 19.9 Å². The number of para-hydroxylation sites is 2. The molecule has 5 nitrogen and oxygen atoms in total. The molecule has 1 N–H and O–H groups in total. The first-order valence-electron chi connectivity index (χ1n) is 8.32. The van der Waals surface area contributed by atoms with Crippen molar-refractivity contribution in [3.8, 4) is 11.4 Å². The predicted molar refractivity (Wildman–Crippen MR) is 96.7 cm³/mol. The van der Waals surface area contributed by atoms with Crippen LogP contribution < -0.4 is 10.1 Å². The van der Waals surface area contributed by atoms with E-state index in [0.29, 0.717) is 6.54 Å². The van der Waals surface area contributed by atoms with Gasteiger partial charge in [-0.1, -0.05) is 43.3 Å². The summed E-state index contributed by atoms with van der Waals surface area (Å²) < 4.78 is 7.41. The molecule has 128 valence electrons. The predicted octanol–water partition coefficient (Wildman–Crippen LogP) is 3.13. The summed E-state index contributed by atoms with van der Waals surface area (Å²) in [6, 6.07) is 17.6. The fourth-order valence-corrected chi connectivity index (χ4v) is 2.51. The molecular formula is C20H21N3O2. The van der Waals surface area contributed by atoms with Crippen molar-refractivity contribution >= 4 is 5.91 Å². The molecule has 1 amide bonds. The molecule has 0 bridgehead atoms. The first-order chi connectivity index (χ1) is 12.3. The molecule has 0 saturated heterocycles. The normalized spacial score (nSPS) is 10.4. The molecule has 0 radical (unpaired) electrons. The number of aromatic nitrogens is 2. The summed E-state index contributed by atoms with van der Waals surface area (Å²) in [5.74, 6) is 0.607. The van der Waals surface area contributed by atoms with Gasteiger partial charge in [0.15, 0.2) is 6.61 Å². The van der Waals surface area contributed by atoms with E-state index in [4.69, 9.17) is 4.74 Å². The highest BCUT2D eigenvalue weighted by Gasteiger charge is 2.07. The molecule has 25 heavy (non-hydrogen) atoms. The number of carbonyl (C=O) groups excluding carboxylic acids is 1. The molecule has 0 aliphatic carbocycles. The van der Waals surface area contributed by atoms with Crippen LogP contribution >= 0.6 is 0 Å². The van der Waals surface area contributed by atoms with E-state index in [2.05, 4.69) is 17.3 Å². The molecule has 0 unspecified atom stereocenters. The molecule has 1 aromatic heterocycles. The minimum absolute atomic E-state index is 0.00381. The van der Waals surface area contributed by atoms with Gasteiger partial charge in [-0.3, -0.25) is 4.79 Å². The number of hydrogen-bond acceptors (Lipinski definition) is 3. The molecule has 0 spiro atoms. The first kappa shape index (κ1) is 16.8. The van der Waals surface area contributed by atoms with E-state index >= 15 is 0 Å². The number of ether oxygens (including phenoxy) is 1. The van der Waals surface area contributed by atoms with Crippen LogP contribution in [-0.4, -0.2) is 22.3 Å². The van der Waals surface area contributed by atoms with Crippen LogP contribution in [0.5, 0.6) is 5.75 Å². The zero-order valence-corrected chi connectivity index (χ0v) is 14.2. The summed E-state index contributed by atoms with van der Waals surface area (Å²) >= 11 is 0. The van der Waals surface area contributed by atoms with Crippen molar-refractivity contribution in [1.29, 1.82) is 0 Å². The Labute approximate surface area is 147 Å². The van der Waals surface area contributed by atoms with E-state index in [1.807, 2.05) is 60.8 Å². The first-order valence-corrected chi connectivity index (χ1v) is 8.32. The van der Waals surface area contributed by atoms with Crippen LogP contribution in [0.4, 0.5) is 0 Å². The van der Waals surface area contributed by atoms with Crippen LogP contribution in [0, 0.1) is 0 Å². The Morgan fingerprint density at radius 3 is 2.68 bits per heavy atom. The van der Waals surface area contributed by atoms with Crippen molar-refractivity contribution in [3.63, 3.8) is 0 Å². The quantitative estimate of drug-likeness (QED) is 0.722. The van der Waals surface area contributed by atoms with Gasteiger partial charge < -0.3 is 10.1 Å². The number of benzene rings is 2. The van der Waals surface area contributed by atoms with Gasteiger partial charge in [0, 0.05) is 18.3 Å². The second-order valence-electron chi connectivity index (χ2n) is 5.66. The number of amides is 1. The Balaban J connectivity index is 1.50. The molecule has 5 heteroatoms. The van der Waals surface area contributed by atoms with E-state index in [-0.39, 0.29) is 12.5 Å². The minimum Gasteiger partial charge on any atom is -0.483 e. The lowest BCUT2D eigenvalue weighted by molar-refractivity contribution is -0.123. The second-order valence-corrected chi connectivity index (χ2v) is 5.66. The van der Waals surface area contributed by atoms with Crippen LogP contribution in [0.1, 0.15) is 18.1 Å². The van der Waals surface area contributed by atoms with Crippen molar-refractivity contribution in [1.82, 2.24) is 15.1 Å². The minimum atomic E-state index is -0.154. The lowest BCUT2D eigenvalue weighted by Crippen LogP contribution is -2.28. The average Bonchev–Trinajstić information content (AvgIpc) is 3.14. The molecule has 0 saturated carbocycles. The maximum absolute atomic E-state index is 12.0. The van der Waals surface area contributed by atoms with Gasteiger partial charge >= 0.3 is 0 Å². The van der Waals surface area contributed by atoms with Gasteiger partial charge in [0.05, 0.1) is 11.9 Å². The topological polar surface area (TPSA) is 56.1 Å². The summed E-state index contributed by atoms with van der Waals surface area (Å²) in [5.41, 5.74) is 3.02. The summed E-state index contributed by atoms with van der Waals surface area (Å²) in [6.07, 6.45) is 4.53. The summed E-state index contributed by atoms with van der Waals surface area (Å²) in [4.78, 5) is 12.0. The van der Waals surface area contributed by atoms with E-state index in [0.717, 1.165) is 29.0 Å². The lowest BCUT2D eigenvalue weighted by Gasteiger charge is -2.10. The summed E-state index contributed by atoms with van der Waals surface area (Å²) in [6.45, 7) is 2.49. The highest BCUT2D eigenvalue weighted by molar-refractivity contribution is 5.77. The Kier molecular flexibility index (Phi) is 5.46. The molecule has 3 aromatic rings. The van der Waals surface area contributed by atoms with Gasteiger partial charge in [-0.15, -0.1) is 0 Å². The zero-order chi connectivity index (χ0) is 17.5. The van der Waals surface area contributed by atoms with Gasteiger partial charge in [0.2, 0.25) is 0 Å². The number of hydrogen-bond donors (Lipinski definition) is 1. The van der Waals surface area contributed by atoms with Crippen LogP contribution in [0.25, 0.3) is 5.69 Å². The largest absolute Gasteiger partial charge is 0.483 e. The summed E-state index contributed by atoms with van der Waals surface area (Å²) in [5, 5.41) is 7.17.